The third-order valence-electron chi connectivity index (χ3n) is 3.71. The van der Waals surface area contributed by atoms with Crippen molar-refractivity contribution < 1.29 is 8.78 Å². The van der Waals surface area contributed by atoms with Crippen LogP contribution in [0.2, 0.25) is 0 Å². The maximum atomic E-state index is 14.4. The zero-order valence-electron chi connectivity index (χ0n) is 11.1. The lowest BCUT2D eigenvalue weighted by Crippen LogP contribution is -2.06. The predicted molar refractivity (Wildman–Crippen MR) is 72.6 cm³/mol. The highest BCUT2D eigenvalue weighted by atomic mass is 19.1. The van der Waals surface area contributed by atoms with E-state index in [-0.39, 0.29) is 11.3 Å². The van der Waals surface area contributed by atoms with Gasteiger partial charge < -0.3 is 5.32 Å². The van der Waals surface area contributed by atoms with Crippen LogP contribution >= 0.6 is 0 Å². The van der Waals surface area contributed by atoms with Gasteiger partial charge in [0, 0.05) is 12.2 Å². The van der Waals surface area contributed by atoms with Gasteiger partial charge in [0.25, 0.3) is 0 Å². The minimum Gasteiger partial charge on any atom is -0.384 e. The molecule has 0 spiro atoms. The number of halogens is 2. The van der Waals surface area contributed by atoms with Crippen molar-refractivity contribution in [2.45, 2.75) is 33.1 Å². The van der Waals surface area contributed by atoms with Gasteiger partial charge >= 0.3 is 0 Å². The highest BCUT2D eigenvalue weighted by Crippen LogP contribution is 2.37. The standard InChI is InChI=1S/C15H16F2N2/c1-3-18-14-9-5-4-6-11(9)19-15-10(16)7-8(2)13(17)12(14)15/h7H,3-6H2,1-2H3,(H,18,19). The molecule has 0 saturated carbocycles. The molecule has 0 unspecified atom stereocenters. The number of aromatic nitrogens is 1. The molecule has 0 radical (unpaired) electrons. The molecule has 2 aromatic rings. The van der Waals surface area contributed by atoms with Crippen LogP contribution in [0.4, 0.5) is 14.5 Å². The van der Waals surface area contributed by atoms with Gasteiger partial charge in [-0.1, -0.05) is 0 Å². The summed E-state index contributed by atoms with van der Waals surface area (Å²) in [5.41, 5.74) is 3.17. The van der Waals surface area contributed by atoms with E-state index in [1.807, 2.05) is 6.92 Å². The number of nitrogens with one attached hydrogen (secondary N) is 1. The lowest BCUT2D eigenvalue weighted by Gasteiger charge is -2.15. The summed E-state index contributed by atoms with van der Waals surface area (Å²) in [4.78, 5) is 4.35. The molecule has 100 valence electrons. The van der Waals surface area contributed by atoms with Crippen molar-refractivity contribution in [2.75, 3.05) is 11.9 Å². The molecule has 0 fully saturated rings. The number of rotatable bonds is 2. The number of anilines is 1. The lowest BCUT2D eigenvalue weighted by atomic mass is 10.0. The summed E-state index contributed by atoms with van der Waals surface area (Å²) < 4.78 is 28.4. The molecule has 0 amide bonds. The summed E-state index contributed by atoms with van der Waals surface area (Å²) >= 11 is 0. The Hall–Kier alpha value is -1.71. The van der Waals surface area contributed by atoms with Crippen LogP contribution in [0.3, 0.4) is 0 Å². The lowest BCUT2D eigenvalue weighted by molar-refractivity contribution is 0.607. The molecular formula is C15H16F2N2. The molecule has 0 bridgehead atoms. The van der Waals surface area contributed by atoms with Gasteiger partial charge in [-0.2, -0.15) is 0 Å². The molecule has 19 heavy (non-hydrogen) atoms. The number of hydrogen-bond acceptors (Lipinski definition) is 2. The Morgan fingerprint density at radius 3 is 2.84 bits per heavy atom. The fourth-order valence-corrected chi connectivity index (χ4v) is 2.86. The number of pyridine rings is 1. The number of hydrogen-bond donors (Lipinski definition) is 1. The highest BCUT2D eigenvalue weighted by Gasteiger charge is 2.23. The van der Waals surface area contributed by atoms with Crippen molar-refractivity contribution in [3.63, 3.8) is 0 Å². The third-order valence-corrected chi connectivity index (χ3v) is 3.71. The van der Waals surface area contributed by atoms with Crippen molar-refractivity contribution in [1.82, 2.24) is 4.98 Å². The van der Waals surface area contributed by atoms with Crippen LogP contribution in [0.1, 0.15) is 30.2 Å². The molecule has 1 aromatic heterocycles. The number of aryl methyl sites for hydroxylation is 2. The second kappa shape index (κ2) is 4.44. The van der Waals surface area contributed by atoms with E-state index in [0.29, 0.717) is 17.5 Å². The maximum absolute atomic E-state index is 14.4. The van der Waals surface area contributed by atoms with Gasteiger partial charge in [0.2, 0.25) is 0 Å². The van der Waals surface area contributed by atoms with Crippen molar-refractivity contribution >= 4 is 16.6 Å². The topological polar surface area (TPSA) is 24.9 Å². The Kier molecular flexibility index (Phi) is 2.88. The second-order valence-electron chi connectivity index (χ2n) is 5.01. The maximum Gasteiger partial charge on any atom is 0.149 e. The molecule has 1 aliphatic carbocycles. The van der Waals surface area contributed by atoms with Crippen molar-refractivity contribution in [2.24, 2.45) is 0 Å². The fraction of sp³-hybridized carbons (Fsp3) is 0.400. The van der Waals surface area contributed by atoms with E-state index in [0.717, 1.165) is 36.2 Å². The fourth-order valence-electron chi connectivity index (χ4n) is 2.86. The Balaban J connectivity index is 2.45. The predicted octanol–water partition coefficient (Wildman–Crippen LogP) is 3.74. The highest BCUT2D eigenvalue weighted by molar-refractivity contribution is 5.95. The van der Waals surface area contributed by atoms with E-state index in [1.165, 1.54) is 6.07 Å². The van der Waals surface area contributed by atoms with Crippen LogP contribution in [0, 0.1) is 18.6 Å². The van der Waals surface area contributed by atoms with Gasteiger partial charge in [-0.05, 0) is 50.3 Å². The van der Waals surface area contributed by atoms with Gasteiger partial charge in [0.1, 0.15) is 17.2 Å². The van der Waals surface area contributed by atoms with Crippen LogP contribution < -0.4 is 5.32 Å². The van der Waals surface area contributed by atoms with E-state index in [2.05, 4.69) is 10.3 Å². The molecule has 0 aliphatic heterocycles. The smallest absolute Gasteiger partial charge is 0.149 e. The number of benzene rings is 1. The van der Waals surface area contributed by atoms with Gasteiger partial charge in [0.05, 0.1) is 11.1 Å². The Labute approximate surface area is 110 Å². The summed E-state index contributed by atoms with van der Waals surface area (Å²) in [5.74, 6) is -0.808. The number of nitrogens with zero attached hydrogens (tertiary/aromatic N) is 1. The minimum absolute atomic E-state index is 0.153. The Bertz CT molecular complexity index is 665. The molecule has 2 nitrogen and oxygen atoms in total. The SMILES string of the molecule is CCNc1c2c(nc3c(F)cc(C)c(F)c13)CCC2. The molecule has 0 atom stereocenters. The van der Waals surface area contributed by atoms with Crippen LogP contribution in [0.15, 0.2) is 6.07 Å². The zero-order valence-corrected chi connectivity index (χ0v) is 11.1. The van der Waals surface area contributed by atoms with E-state index in [9.17, 15) is 8.78 Å². The average molecular weight is 262 g/mol. The number of fused-ring (bicyclic) bond motifs is 2. The molecule has 1 aliphatic rings. The summed E-state index contributed by atoms with van der Waals surface area (Å²) in [5, 5.41) is 3.51. The quantitative estimate of drug-likeness (QED) is 0.891. The average Bonchev–Trinajstić information content (AvgIpc) is 2.84. The van der Waals surface area contributed by atoms with Crippen LogP contribution in [0.5, 0.6) is 0 Å². The molecule has 1 heterocycles. The molecule has 1 aromatic carbocycles. The zero-order chi connectivity index (χ0) is 13.6. The van der Waals surface area contributed by atoms with E-state index in [4.69, 9.17) is 0 Å². The summed E-state index contributed by atoms with van der Waals surface area (Å²) in [6, 6.07) is 1.22. The van der Waals surface area contributed by atoms with Crippen LogP contribution in [-0.2, 0) is 12.8 Å². The van der Waals surface area contributed by atoms with Crippen LogP contribution in [0.25, 0.3) is 10.9 Å². The normalized spacial score (nSPS) is 13.9. The van der Waals surface area contributed by atoms with Crippen molar-refractivity contribution in [3.05, 3.63) is 34.5 Å². The first-order chi connectivity index (χ1) is 9.13. The molecule has 3 rings (SSSR count). The summed E-state index contributed by atoms with van der Waals surface area (Å²) in [7, 11) is 0. The first-order valence-electron chi connectivity index (χ1n) is 6.67. The van der Waals surface area contributed by atoms with Gasteiger partial charge in [0.15, 0.2) is 0 Å². The Morgan fingerprint density at radius 1 is 1.32 bits per heavy atom. The second-order valence-corrected chi connectivity index (χ2v) is 5.01. The van der Waals surface area contributed by atoms with Crippen molar-refractivity contribution in [3.8, 4) is 0 Å². The third kappa shape index (κ3) is 1.78. The van der Waals surface area contributed by atoms with E-state index in [1.54, 1.807) is 6.92 Å². The summed E-state index contributed by atoms with van der Waals surface area (Å²) in [6.07, 6.45) is 2.73. The largest absolute Gasteiger partial charge is 0.384 e. The minimum atomic E-state index is -0.442. The van der Waals surface area contributed by atoms with Crippen LogP contribution in [-0.4, -0.2) is 11.5 Å². The Morgan fingerprint density at radius 2 is 2.11 bits per heavy atom. The van der Waals surface area contributed by atoms with Gasteiger partial charge in [-0.25, -0.2) is 13.8 Å². The van der Waals surface area contributed by atoms with E-state index >= 15 is 0 Å². The first-order valence-corrected chi connectivity index (χ1v) is 6.67. The molecule has 4 heteroatoms. The van der Waals surface area contributed by atoms with Gasteiger partial charge in [-0.3, -0.25) is 0 Å². The molecule has 1 N–H and O–H groups in total. The van der Waals surface area contributed by atoms with E-state index < -0.39 is 5.82 Å². The molecular weight excluding hydrogens is 246 g/mol. The monoisotopic (exact) mass is 262 g/mol. The molecule has 0 saturated heterocycles. The summed E-state index contributed by atoms with van der Waals surface area (Å²) in [6.45, 7) is 4.22. The first kappa shape index (κ1) is 12.3. The van der Waals surface area contributed by atoms with Gasteiger partial charge in [-0.15, -0.1) is 0 Å². The van der Waals surface area contributed by atoms with Crippen molar-refractivity contribution in [1.29, 1.82) is 0 Å².